The zero-order valence-electron chi connectivity index (χ0n) is 9.94. The second-order valence-electron chi connectivity index (χ2n) is 3.69. The van der Waals surface area contributed by atoms with E-state index in [1.807, 2.05) is 12.1 Å². The lowest BCUT2D eigenvalue weighted by Crippen LogP contribution is -2.12. The van der Waals surface area contributed by atoms with Crippen LogP contribution in [0.2, 0.25) is 0 Å². The third-order valence-corrected chi connectivity index (χ3v) is 4.58. The molecule has 0 aliphatic carbocycles. The molecule has 1 amide bonds. The molecule has 2 aromatic rings. The van der Waals surface area contributed by atoms with Crippen molar-refractivity contribution in [2.75, 3.05) is 12.4 Å². The van der Waals surface area contributed by atoms with Gasteiger partial charge in [0.2, 0.25) is 0 Å². The van der Waals surface area contributed by atoms with Gasteiger partial charge in [-0.2, -0.15) is 0 Å². The molecule has 7 heteroatoms. The number of amides is 1. The van der Waals surface area contributed by atoms with Crippen molar-refractivity contribution in [3.63, 3.8) is 0 Å². The second-order valence-corrected chi connectivity index (χ2v) is 5.71. The number of nitrogens with zero attached hydrogens (tertiary/aromatic N) is 1. The van der Waals surface area contributed by atoms with E-state index in [4.69, 9.17) is 9.26 Å². The highest BCUT2D eigenvalue weighted by molar-refractivity contribution is 14.1. The van der Waals surface area contributed by atoms with Crippen LogP contribution in [0.1, 0.15) is 16.2 Å². The zero-order chi connectivity index (χ0) is 13.8. The van der Waals surface area contributed by atoms with Crippen molar-refractivity contribution >= 4 is 50.1 Å². The van der Waals surface area contributed by atoms with Crippen LogP contribution in [-0.2, 0) is 11.3 Å². The molecular formula is C12H10BrIN2O3. The van der Waals surface area contributed by atoms with E-state index in [1.54, 1.807) is 19.2 Å². The summed E-state index contributed by atoms with van der Waals surface area (Å²) in [7, 11) is 1.55. The maximum absolute atomic E-state index is 11.9. The predicted octanol–water partition coefficient (Wildman–Crippen LogP) is 3.44. The standard InChI is InChI=1S/C12H10BrIN2O3/c1-18-6-8-5-11(16-19-8)12(17)15-7-2-3-9(13)10(14)4-7/h2-5H,6H2,1H3,(H,15,17). The Labute approximate surface area is 132 Å². The maximum Gasteiger partial charge on any atom is 0.277 e. The van der Waals surface area contributed by atoms with E-state index >= 15 is 0 Å². The number of nitrogens with one attached hydrogen (secondary N) is 1. The average molecular weight is 437 g/mol. The van der Waals surface area contributed by atoms with Gasteiger partial charge in [-0.15, -0.1) is 0 Å². The van der Waals surface area contributed by atoms with E-state index in [0.717, 1.165) is 8.04 Å². The van der Waals surface area contributed by atoms with Crippen LogP contribution in [0.25, 0.3) is 0 Å². The summed E-state index contributed by atoms with van der Waals surface area (Å²) in [5, 5.41) is 6.45. The van der Waals surface area contributed by atoms with Crippen LogP contribution in [0.4, 0.5) is 5.69 Å². The average Bonchev–Trinajstić information content (AvgIpc) is 2.83. The largest absolute Gasteiger partial charge is 0.377 e. The molecule has 0 aliphatic heterocycles. The summed E-state index contributed by atoms with van der Waals surface area (Å²) in [4.78, 5) is 11.9. The SMILES string of the molecule is COCc1cc(C(=O)Nc2ccc(Br)c(I)c2)no1. The number of carbonyl (C=O) groups is 1. The monoisotopic (exact) mass is 436 g/mol. The molecule has 0 fully saturated rings. The number of ether oxygens (including phenoxy) is 1. The number of hydrogen-bond acceptors (Lipinski definition) is 4. The lowest BCUT2D eigenvalue weighted by Gasteiger charge is -2.04. The van der Waals surface area contributed by atoms with Crippen LogP contribution in [0.3, 0.4) is 0 Å². The summed E-state index contributed by atoms with van der Waals surface area (Å²) in [5.74, 6) is 0.197. The Kier molecular flexibility index (Phi) is 4.94. The first-order valence-electron chi connectivity index (χ1n) is 5.31. The number of benzene rings is 1. The van der Waals surface area contributed by atoms with Crippen LogP contribution in [0.5, 0.6) is 0 Å². The Morgan fingerprint density at radius 3 is 3.00 bits per heavy atom. The number of rotatable bonds is 4. The number of methoxy groups -OCH3 is 1. The van der Waals surface area contributed by atoms with Gasteiger partial charge in [0.15, 0.2) is 11.5 Å². The first kappa shape index (κ1) is 14.5. The van der Waals surface area contributed by atoms with Crippen LogP contribution in [0.15, 0.2) is 33.3 Å². The van der Waals surface area contributed by atoms with Crippen molar-refractivity contribution < 1.29 is 14.1 Å². The minimum absolute atomic E-state index is 0.227. The van der Waals surface area contributed by atoms with E-state index in [0.29, 0.717) is 11.4 Å². The molecule has 0 saturated heterocycles. The Hall–Kier alpha value is -0.930. The van der Waals surface area contributed by atoms with Gasteiger partial charge in [0.05, 0.1) is 0 Å². The lowest BCUT2D eigenvalue weighted by molar-refractivity contribution is 0.101. The second kappa shape index (κ2) is 6.49. The highest BCUT2D eigenvalue weighted by atomic mass is 127. The van der Waals surface area contributed by atoms with Crippen LogP contribution in [-0.4, -0.2) is 18.2 Å². The van der Waals surface area contributed by atoms with Gasteiger partial charge in [-0.25, -0.2) is 0 Å². The maximum atomic E-state index is 11.9. The molecule has 0 atom stereocenters. The molecule has 0 spiro atoms. The number of hydrogen-bond donors (Lipinski definition) is 1. The smallest absolute Gasteiger partial charge is 0.277 e. The van der Waals surface area contributed by atoms with Gasteiger partial charge in [0, 0.05) is 26.9 Å². The molecule has 2 rings (SSSR count). The molecule has 19 heavy (non-hydrogen) atoms. The molecular weight excluding hydrogens is 427 g/mol. The molecule has 0 unspecified atom stereocenters. The normalized spacial score (nSPS) is 10.5. The van der Waals surface area contributed by atoms with Crippen molar-refractivity contribution in [2.24, 2.45) is 0 Å². The number of aromatic nitrogens is 1. The van der Waals surface area contributed by atoms with Gasteiger partial charge in [-0.1, -0.05) is 5.16 Å². The fourth-order valence-electron chi connectivity index (χ4n) is 1.40. The minimum atomic E-state index is -0.316. The van der Waals surface area contributed by atoms with E-state index in [9.17, 15) is 4.79 Å². The highest BCUT2D eigenvalue weighted by Gasteiger charge is 2.13. The van der Waals surface area contributed by atoms with Crippen molar-refractivity contribution in [3.8, 4) is 0 Å². The molecule has 5 nitrogen and oxygen atoms in total. The quantitative estimate of drug-likeness (QED) is 0.745. The van der Waals surface area contributed by atoms with Gasteiger partial charge >= 0.3 is 0 Å². The van der Waals surface area contributed by atoms with Gasteiger partial charge in [0.25, 0.3) is 5.91 Å². The third kappa shape index (κ3) is 3.77. The van der Waals surface area contributed by atoms with E-state index < -0.39 is 0 Å². The van der Waals surface area contributed by atoms with Crippen molar-refractivity contribution in [1.82, 2.24) is 5.16 Å². The van der Waals surface area contributed by atoms with E-state index in [1.165, 1.54) is 0 Å². The summed E-state index contributed by atoms with van der Waals surface area (Å²) in [6.07, 6.45) is 0. The van der Waals surface area contributed by atoms with Crippen molar-refractivity contribution in [2.45, 2.75) is 6.61 Å². The molecule has 100 valence electrons. The Morgan fingerprint density at radius 1 is 1.53 bits per heavy atom. The van der Waals surface area contributed by atoms with Gasteiger partial charge in [0.1, 0.15) is 6.61 Å². The molecule has 0 bridgehead atoms. The number of anilines is 1. The summed E-state index contributed by atoms with van der Waals surface area (Å²) < 4.78 is 11.8. The Bertz CT molecular complexity index is 600. The number of halogens is 2. The summed E-state index contributed by atoms with van der Waals surface area (Å²) in [6.45, 7) is 0.288. The van der Waals surface area contributed by atoms with Crippen molar-refractivity contribution in [3.05, 3.63) is 43.8 Å². The molecule has 1 aromatic carbocycles. The van der Waals surface area contributed by atoms with E-state index in [2.05, 4.69) is 49.0 Å². The molecule has 0 saturated carbocycles. The number of carbonyl (C=O) groups excluding carboxylic acids is 1. The van der Waals surface area contributed by atoms with Crippen LogP contribution >= 0.6 is 38.5 Å². The summed E-state index contributed by atoms with van der Waals surface area (Å²) >= 11 is 5.58. The van der Waals surface area contributed by atoms with Gasteiger partial charge in [-0.3, -0.25) is 4.79 Å². The van der Waals surface area contributed by atoms with Crippen molar-refractivity contribution in [1.29, 1.82) is 0 Å². The van der Waals surface area contributed by atoms with Crippen LogP contribution < -0.4 is 5.32 Å². The fourth-order valence-corrected chi connectivity index (χ4v) is 2.16. The molecule has 1 N–H and O–H groups in total. The molecule has 0 radical (unpaired) electrons. The first-order valence-corrected chi connectivity index (χ1v) is 7.18. The molecule has 0 aliphatic rings. The Morgan fingerprint density at radius 2 is 2.32 bits per heavy atom. The lowest BCUT2D eigenvalue weighted by atomic mass is 10.3. The van der Waals surface area contributed by atoms with Gasteiger partial charge < -0.3 is 14.6 Å². The summed E-state index contributed by atoms with van der Waals surface area (Å²) in [5.41, 5.74) is 0.930. The predicted molar refractivity (Wildman–Crippen MR) is 82.0 cm³/mol. The fraction of sp³-hybridized carbons (Fsp3) is 0.167. The first-order chi connectivity index (χ1) is 9.10. The summed E-state index contributed by atoms with van der Waals surface area (Å²) in [6, 6.07) is 7.10. The molecule has 1 heterocycles. The minimum Gasteiger partial charge on any atom is -0.377 e. The van der Waals surface area contributed by atoms with Gasteiger partial charge in [-0.05, 0) is 56.7 Å². The highest BCUT2D eigenvalue weighted by Crippen LogP contribution is 2.22. The Balaban J connectivity index is 2.09. The molecule has 1 aromatic heterocycles. The van der Waals surface area contributed by atoms with E-state index in [-0.39, 0.29) is 18.2 Å². The third-order valence-electron chi connectivity index (χ3n) is 2.26. The topological polar surface area (TPSA) is 64.4 Å². The zero-order valence-corrected chi connectivity index (χ0v) is 13.7. The van der Waals surface area contributed by atoms with Crippen LogP contribution in [0, 0.1) is 3.57 Å².